The molecule has 116 valence electrons. The molecule has 0 aliphatic carbocycles. The van der Waals surface area contributed by atoms with Crippen LogP contribution in [0.5, 0.6) is 0 Å². The van der Waals surface area contributed by atoms with Crippen LogP contribution in [-0.2, 0) is 9.59 Å². The summed E-state index contributed by atoms with van der Waals surface area (Å²) in [6.45, 7) is 11.1. The molecule has 1 aliphatic rings. The lowest BCUT2D eigenvalue weighted by Crippen LogP contribution is -2.55. The van der Waals surface area contributed by atoms with Crippen LogP contribution in [0.15, 0.2) is 0 Å². The Balaban J connectivity index is 2.79. The minimum absolute atomic E-state index is 0.173. The van der Waals surface area contributed by atoms with Crippen LogP contribution in [0.2, 0.25) is 0 Å². The average Bonchev–Trinajstić information content (AvgIpc) is 2.34. The lowest BCUT2D eigenvalue weighted by molar-refractivity contribution is -0.147. The van der Waals surface area contributed by atoms with E-state index in [9.17, 15) is 14.7 Å². The van der Waals surface area contributed by atoms with Gasteiger partial charge in [-0.1, -0.05) is 34.6 Å². The molecule has 0 saturated carbocycles. The van der Waals surface area contributed by atoms with Gasteiger partial charge in [0, 0.05) is 5.41 Å². The summed E-state index contributed by atoms with van der Waals surface area (Å²) in [5.74, 6) is -0.914. The maximum Gasteiger partial charge on any atom is 0.326 e. The normalized spacial score (nSPS) is 22.1. The van der Waals surface area contributed by atoms with Crippen LogP contribution in [0.25, 0.3) is 0 Å². The van der Waals surface area contributed by atoms with Crippen molar-refractivity contribution in [2.24, 2.45) is 16.7 Å². The number of rotatable bonds is 4. The number of carbonyl (C=O) groups excluding carboxylic acids is 1. The first-order chi connectivity index (χ1) is 9.06. The molecule has 0 spiro atoms. The zero-order chi connectivity index (χ0) is 15.6. The largest absolute Gasteiger partial charge is 0.480 e. The molecule has 1 amide bonds. The second kappa shape index (κ2) is 6.12. The monoisotopic (exact) mass is 284 g/mol. The number of carboxylic acid groups (broad SMARTS) is 1. The summed E-state index contributed by atoms with van der Waals surface area (Å²) in [5.41, 5.74) is -1.07. The Morgan fingerprint density at radius 2 is 1.85 bits per heavy atom. The van der Waals surface area contributed by atoms with Gasteiger partial charge in [-0.25, -0.2) is 4.79 Å². The predicted octanol–water partition coefficient (Wildman–Crippen LogP) is 1.63. The fourth-order valence-electron chi connectivity index (χ4n) is 2.62. The Morgan fingerprint density at radius 3 is 2.25 bits per heavy atom. The fourth-order valence-corrected chi connectivity index (χ4v) is 2.62. The van der Waals surface area contributed by atoms with E-state index in [-0.39, 0.29) is 11.8 Å². The number of piperidine rings is 1. The molecular formula is C15H28N2O3. The van der Waals surface area contributed by atoms with Gasteiger partial charge in [0.15, 0.2) is 0 Å². The van der Waals surface area contributed by atoms with Crippen LogP contribution in [-0.4, -0.2) is 36.1 Å². The van der Waals surface area contributed by atoms with E-state index in [1.807, 2.05) is 34.6 Å². The van der Waals surface area contributed by atoms with E-state index in [1.54, 1.807) is 0 Å². The number of carbonyl (C=O) groups is 2. The quantitative estimate of drug-likeness (QED) is 0.733. The van der Waals surface area contributed by atoms with Gasteiger partial charge in [0.1, 0.15) is 6.04 Å². The van der Waals surface area contributed by atoms with E-state index in [1.165, 1.54) is 0 Å². The standard InChI is InChI=1S/C15H28N2O3/c1-14(2,3)11(12(18)19)17-13(20)15(4,5)10-7-6-8-16-9-10/h10-11,16H,6-9H2,1-5H3,(H,17,20)(H,18,19)/t10?,11-/m1/s1. The third-order valence-electron chi connectivity index (χ3n) is 4.29. The van der Waals surface area contributed by atoms with Crippen LogP contribution >= 0.6 is 0 Å². The van der Waals surface area contributed by atoms with Crippen molar-refractivity contribution in [1.29, 1.82) is 0 Å². The first-order valence-electron chi connectivity index (χ1n) is 7.31. The van der Waals surface area contributed by atoms with Gasteiger partial charge in [0.05, 0.1) is 0 Å². The fraction of sp³-hybridized carbons (Fsp3) is 0.867. The first kappa shape index (κ1) is 17.0. The van der Waals surface area contributed by atoms with E-state index >= 15 is 0 Å². The summed E-state index contributed by atoms with van der Waals surface area (Å²) < 4.78 is 0. The number of hydrogen-bond donors (Lipinski definition) is 3. The van der Waals surface area contributed by atoms with Crippen molar-refractivity contribution in [3.63, 3.8) is 0 Å². The summed E-state index contributed by atoms with van der Waals surface area (Å²) in [6.07, 6.45) is 2.06. The molecule has 5 heteroatoms. The van der Waals surface area contributed by atoms with Crippen molar-refractivity contribution >= 4 is 11.9 Å². The van der Waals surface area contributed by atoms with Crippen LogP contribution in [0.3, 0.4) is 0 Å². The molecule has 1 rings (SSSR count). The van der Waals surface area contributed by atoms with Gasteiger partial charge in [0.2, 0.25) is 5.91 Å². The predicted molar refractivity (Wildman–Crippen MR) is 78.4 cm³/mol. The molecule has 0 aromatic carbocycles. The van der Waals surface area contributed by atoms with Crippen molar-refractivity contribution < 1.29 is 14.7 Å². The van der Waals surface area contributed by atoms with Crippen LogP contribution in [0, 0.1) is 16.7 Å². The number of aliphatic carboxylic acids is 1. The molecule has 1 heterocycles. The molecule has 5 nitrogen and oxygen atoms in total. The number of nitrogens with one attached hydrogen (secondary N) is 2. The SMILES string of the molecule is CC(C)(C(=O)N[C@H](C(=O)O)C(C)(C)C)C1CCCNC1. The minimum Gasteiger partial charge on any atom is -0.480 e. The molecule has 0 bridgehead atoms. The third-order valence-corrected chi connectivity index (χ3v) is 4.29. The highest BCUT2D eigenvalue weighted by atomic mass is 16.4. The highest BCUT2D eigenvalue weighted by molar-refractivity contribution is 5.87. The zero-order valence-corrected chi connectivity index (χ0v) is 13.2. The molecule has 0 aromatic heterocycles. The molecule has 1 aliphatic heterocycles. The van der Waals surface area contributed by atoms with Gasteiger partial charge in [-0.05, 0) is 37.3 Å². The molecule has 0 aromatic rings. The zero-order valence-electron chi connectivity index (χ0n) is 13.2. The molecule has 1 saturated heterocycles. The highest BCUT2D eigenvalue weighted by Crippen LogP contribution is 2.32. The summed E-state index contributed by atoms with van der Waals surface area (Å²) in [5, 5.41) is 15.3. The third kappa shape index (κ3) is 3.95. The van der Waals surface area contributed by atoms with Crippen LogP contribution in [0.1, 0.15) is 47.5 Å². The van der Waals surface area contributed by atoms with E-state index in [0.717, 1.165) is 25.9 Å². The van der Waals surface area contributed by atoms with Gasteiger partial charge in [-0.3, -0.25) is 4.79 Å². The Labute approximate surface area is 121 Å². The van der Waals surface area contributed by atoms with Gasteiger partial charge >= 0.3 is 5.97 Å². The molecule has 0 radical (unpaired) electrons. The highest BCUT2D eigenvalue weighted by Gasteiger charge is 2.41. The number of amides is 1. The molecule has 2 atom stereocenters. The van der Waals surface area contributed by atoms with E-state index < -0.39 is 22.8 Å². The molecule has 3 N–H and O–H groups in total. The Hall–Kier alpha value is -1.10. The smallest absolute Gasteiger partial charge is 0.326 e. The van der Waals surface area contributed by atoms with E-state index in [0.29, 0.717) is 0 Å². The molecular weight excluding hydrogens is 256 g/mol. The Bertz CT molecular complexity index is 366. The van der Waals surface area contributed by atoms with E-state index in [2.05, 4.69) is 10.6 Å². The second-order valence-electron chi connectivity index (χ2n) is 7.38. The molecule has 1 unspecified atom stereocenters. The van der Waals surface area contributed by atoms with Gasteiger partial charge in [0.25, 0.3) is 0 Å². The lowest BCUT2D eigenvalue weighted by atomic mass is 9.73. The number of hydrogen-bond acceptors (Lipinski definition) is 3. The first-order valence-corrected chi connectivity index (χ1v) is 7.31. The summed E-state index contributed by atoms with van der Waals surface area (Å²) in [7, 11) is 0. The molecule has 1 fully saturated rings. The maximum absolute atomic E-state index is 12.5. The minimum atomic E-state index is -0.983. The van der Waals surface area contributed by atoms with Crippen LogP contribution < -0.4 is 10.6 Å². The van der Waals surface area contributed by atoms with Gasteiger partial charge in [-0.15, -0.1) is 0 Å². The van der Waals surface area contributed by atoms with Crippen molar-refractivity contribution in [1.82, 2.24) is 10.6 Å². The average molecular weight is 284 g/mol. The number of carboxylic acids is 1. The lowest BCUT2D eigenvalue weighted by Gasteiger charge is -2.38. The van der Waals surface area contributed by atoms with Crippen molar-refractivity contribution in [2.45, 2.75) is 53.5 Å². The summed E-state index contributed by atoms with van der Waals surface area (Å²) in [4.78, 5) is 23.9. The molecule has 20 heavy (non-hydrogen) atoms. The van der Waals surface area contributed by atoms with Crippen molar-refractivity contribution in [3.8, 4) is 0 Å². The van der Waals surface area contributed by atoms with Crippen LogP contribution in [0.4, 0.5) is 0 Å². The maximum atomic E-state index is 12.5. The Morgan fingerprint density at radius 1 is 1.25 bits per heavy atom. The topological polar surface area (TPSA) is 78.4 Å². The van der Waals surface area contributed by atoms with Gasteiger partial charge in [-0.2, -0.15) is 0 Å². The Kier molecular flexibility index (Phi) is 5.19. The summed E-state index contributed by atoms with van der Waals surface area (Å²) in [6, 6.07) is -0.870. The van der Waals surface area contributed by atoms with Gasteiger partial charge < -0.3 is 15.7 Å². The second-order valence-corrected chi connectivity index (χ2v) is 7.38. The van der Waals surface area contributed by atoms with Crippen molar-refractivity contribution in [2.75, 3.05) is 13.1 Å². The summed E-state index contributed by atoms with van der Waals surface area (Å²) >= 11 is 0. The van der Waals surface area contributed by atoms with E-state index in [4.69, 9.17) is 0 Å². The van der Waals surface area contributed by atoms with Crippen molar-refractivity contribution in [3.05, 3.63) is 0 Å².